The van der Waals surface area contributed by atoms with Crippen LogP contribution in [0.25, 0.3) is 0 Å². The number of ether oxygens (including phenoxy) is 1. The highest BCUT2D eigenvalue weighted by molar-refractivity contribution is 6.32. The lowest BCUT2D eigenvalue weighted by atomic mass is 10.1. The number of carbonyl (C=O) groups is 1. The molecule has 5 heteroatoms. The summed E-state index contributed by atoms with van der Waals surface area (Å²) in [5.74, 6) is 5.25. The second kappa shape index (κ2) is 5.18. The molecule has 4 nitrogen and oxygen atoms in total. The van der Waals surface area contributed by atoms with E-state index in [1.165, 1.54) is 0 Å². The molecule has 0 bridgehead atoms. The first-order valence-electron chi connectivity index (χ1n) is 4.89. The van der Waals surface area contributed by atoms with Crippen LogP contribution in [0.4, 0.5) is 0 Å². The number of benzene rings is 1. The molecule has 16 heavy (non-hydrogen) atoms. The molecule has 1 aromatic carbocycles. The fourth-order valence-corrected chi connectivity index (χ4v) is 1.46. The number of nitrogens with one attached hydrogen (secondary N) is 1. The van der Waals surface area contributed by atoms with Gasteiger partial charge in [-0.25, -0.2) is 5.84 Å². The number of nitrogens with two attached hydrogens (primary N) is 1. The Kier molecular flexibility index (Phi) is 4.15. The van der Waals surface area contributed by atoms with Gasteiger partial charge in [0, 0.05) is 5.02 Å². The third-order valence-electron chi connectivity index (χ3n) is 2.23. The molecule has 0 aliphatic heterocycles. The summed E-state index contributed by atoms with van der Waals surface area (Å²) in [7, 11) is 0. The van der Waals surface area contributed by atoms with E-state index in [0.717, 1.165) is 11.1 Å². The molecular formula is C11H15ClN2O2. The SMILES string of the molecule is Cc1cc(O[C@@H](C)C(=O)NN)cc(C)c1Cl. The average Bonchev–Trinajstić information content (AvgIpc) is 2.24. The summed E-state index contributed by atoms with van der Waals surface area (Å²) in [6.45, 7) is 5.40. The van der Waals surface area contributed by atoms with Crippen LogP contribution < -0.4 is 16.0 Å². The van der Waals surface area contributed by atoms with Crippen molar-refractivity contribution in [2.24, 2.45) is 5.84 Å². The fraction of sp³-hybridized carbons (Fsp3) is 0.364. The molecule has 1 rings (SSSR count). The first kappa shape index (κ1) is 12.8. The van der Waals surface area contributed by atoms with E-state index in [2.05, 4.69) is 0 Å². The van der Waals surface area contributed by atoms with Crippen LogP contribution in [0.3, 0.4) is 0 Å². The molecule has 0 heterocycles. The van der Waals surface area contributed by atoms with Crippen molar-refractivity contribution in [1.82, 2.24) is 5.43 Å². The monoisotopic (exact) mass is 242 g/mol. The van der Waals surface area contributed by atoms with Crippen molar-refractivity contribution in [3.8, 4) is 5.75 Å². The van der Waals surface area contributed by atoms with Gasteiger partial charge in [-0.1, -0.05) is 11.6 Å². The Balaban J connectivity index is 2.86. The van der Waals surface area contributed by atoms with Crippen LogP contribution >= 0.6 is 11.6 Å². The molecule has 3 N–H and O–H groups in total. The molecule has 1 aromatic rings. The number of hydrogen-bond acceptors (Lipinski definition) is 3. The smallest absolute Gasteiger partial charge is 0.274 e. The van der Waals surface area contributed by atoms with Gasteiger partial charge in [0.2, 0.25) is 0 Å². The molecule has 0 spiro atoms. The maximum Gasteiger partial charge on any atom is 0.274 e. The summed E-state index contributed by atoms with van der Waals surface area (Å²) in [5.41, 5.74) is 3.86. The van der Waals surface area contributed by atoms with Crippen molar-refractivity contribution in [2.75, 3.05) is 0 Å². The van der Waals surface area contributed by atoms with Crippen molar-refractivity contribution in [3.05, 3.63) is 28.3 Å². The van der Waals surface area contributed by atoms with Crippen LogP contribution in [0.1, 0.15) is 18.1 Å². The van der Waals surface area contributed by atoms with Gasteiger partial charge in [-0.15, -0.1) is 0 Å². The number of aryl methyl sites for hydroxylation is 2. The zero-order chi connectivity index (χ0) is 12.3. The molecule has 88 valence electrons. The van der Waals surface area contributed by atoms with E-state index < -0.39 is 6.10 Å². The fourth-order valence-electron chi connectivity index (χ4n) is 1.35. The van der Waals surface area contributed by atoms with Crippen molar-refractivity contribution in [1.29, 1.82) is 0 Å². The number of amides is 1. The van der Waals surface area contributed by atoms with Gasteiger partial charge in [-0.2, -0.15) is 0 Å². The van der Waals surface area contributed by atoms with E-state index in [1.54, 1.807) is 19.1 Å². The van der Waals surface area contributed by atoms with Crippen molar-refractivity contribution < 1.29 is 9.53 Å². The lowest BCUT2D eigenvalue weighted by molar-refractivity contribution is -0.127. The van der Waals surface area contributed by atoms with Gasteiger partial charge in [0.05, 0.1) is 0 Å². The third kappa shape index (κ3) is 2.87. The standard InChI is InChI=1S/C11H15ClN2O2/c1-6-4-9(5-7(2)10(6)12)16-8(3)11(15)14-13/h4-5,8H,13H2,1-3H3,(H,14,15)/t8-/m0/s1. The predicted octanol–water partition coefficient (Wildman–Crippen LogP) is 1.71. The first-order chi connectivity index (χ1) is 7.45. The molecule has 1 amide bonds. The van der Waals surface area contributed by atoms with Gasteiger partial charge in [0.25, 0.3) is 5.91 Å². The predicted molar refractivity (Wildman–Crippen MR) is 63.3 cm³/mol. The first-order valence-corrected chi connectivity index (χ1v) is 5.27. The second-order valence-electron chi connectivity index (χ2n) is 3.64. The maximum absolute atomic E-state index is 11.2. The van der Waals surface area contributed by atoms with E-state index >= 15 is 0 Å². The Morgan fingerprint density at radius 2 is 1.94 bits per heavy atom. The van der Waals surface area contributed by atoms with Gasteiger partial charge in [-0.05, 0) is 44.0 Å². The quantitative estimate of drug-likeness (QED) is 0.482. The Bertz CT molecular complexity index is 384. The molecule has 1 atom stereocenters. The van der Waals surface area contributed by atoms with Crippen LogP contribution in [-0.2, 0) is 4.79 Å². The molecule has 0 saturated carbocycles. The topological polar surface area (TPSA) is 64.3 Å². The number of halogens is 1. The van der Waals surface area contributed by atoms with E-state index in [-0.39, 0.29) is 5.91 Å². The van der Waals surface area contributed by atoms with Crippen LogP contribution in [0.15, 0.2) is 12.1 Å². The lowest BCUT2D eigenvalue weighted by Crippen LogP contribution is -2.40. The Morgan fingerprint density at radius 1 is 1.44 bits per heavy atom. The maximum atomic E-state index is 11.2. The van der Waals surface area contributed by atoms with Crippen molar-refractivity contribution in [3.63, 3.8) is 0 Å². The normalized spacial score (nSPS) is 12.1. The Labute approximate surface area is 99.7 Å². The highest BCUT2D eigenvalue weighted by atomic mass is 35.5. The largest absolute Gasteiger partial charge is 0.481 e. The number of hydrazine groups is 1. The van der Waals surface area contributed by atoms with Crippen molar-refractivity contribution in [2.45, 2.75) is 26.9 Å². The lowest BCUT2D eigenvalue weighted by Gasteiger charge is -2.14. The summed E-state index contributed by atoms with van der Waals surface area (Å²) < 4.78 is 5.43. The molecule has 0 saturated heterocycles. The number of rotatable bonds is 3. The highest BCUT2D eigenvalue weighted by Gasteiger charge is 2.13. The molecule has 0 fully saturated rings. The van der Waals surface area contributed by atoms with Crippen molar-refractivity contribution >= 4 is 17.5 Å². The number of hydrogen-bond donors (Lipinski definition) is 2. The molecule has 0 aliphatic rings. The van der Waals surface area contributed by atoms with Gasteiger partial charge < -0.3 is 4.74 Å². The van der Waals surface area contributed by atoms with E-state index in [4.69, 9.17) is 22.2 Å². The minimum absolute atomic E-state index is 0.370. The number of carbonyl (C=O) groups excluding carboxylic acids is 1. The summed E-state index contributed by atoms with van der Waals surface area (Å²) in [6.07, 6.45) is -0.634. The molecular weight excluding hydrogens is 228 g/mol. The Hall–Kier alpha value is -1.26. The van der Waals surface area contributed by atoms with Crippen LogP contribution in [-0.4, -0.2) is 12.0 Å². The molecule has 0 aromatic heterocycles. The summed E-state index contributed by atoms with van der Waals surface area (Å²) >= 11 is 6.02. The van der Waals surface area contributed by atoms with Gasteiger partial charge in [0.1, 0.15) is 5.75 Å². The zero-order valence-electron chi connectivity index (χ0n) is 9.50. The molecule has 0 aliphatic carbocycles. The van der Waals surface area contributed by atoms with E-state index in [9.17, 15) is 4.79 Å². The van der Waals surface area contributed by atoms with Crippen LogP contribution in [0.5, 0.6) is 5.75 Å². The van der Waals surface area contributed by atoms with Gasteiger partial charge in [0.15, 0.2) is 6.10 Å². The molecule has 0 unspecified atom stereocenters. The van der Waals surface area contributed by atoms with Gasteiger partial charge in [-0.3, -0.25) is 10.2 Å². The second-order valence-corrected chi connectivity index (χ2v) is 4.02. The highest BCUT2D eigenvalue weighted by Crippen LogP contribution is 2.26. The summed E-state index contributed by atoms with van der Waals surface area (Å²) in [5, 5.41) is 0.711. The zero-order valence-corrected chi connectivity index (χ0v) is 10.3. The van der Waals surface area contributed by atoms with Crippen LogP contribution in [0, 0.1) is 13.8 Å². The minimum atomic E-state index is -0.634. The van der Waals surface area contributed by atoms with E-state index in [0.29, 0.717) is 10.8 Å². The summed E-state index contributed by atoms with van der Waals surface area (Å²) in [4.78, 5) is 11.2. The Morgan fingerprint density at radius 3 is 2.38 bits per heavy atom. The third-order valence-corrected chi connectivity index (χ3v) is 2.83. The van der Waals surface area contributed by atoms with Crippen LogP contribution in [0.2, 0.25) is 5.02 Å². The summed E-state index contributed by atoms with van der Waals surface area (Å²) in [6, 6.07) is 3.57. The molecule has 0 radical (unpaired) electrons. The van der Waals surface area contributed by atoms with E-state index in [1.807, 2.05) is 19.3 Å². The van der Waals surface area contributed by atoms with Gasteiger partial charge >= 0.3 is 0 Å². The average molecular weight is 243 g/mol. The minimum Gasteiger partial charge on any atom is -0.481 e.